The van der Waals surface area contributed by atoms with Crippen LogP contribution in [-0.4, -0.2) is 41.7 Å². The summed E-state index contributed by atoms with van der Waals surface area (Å²) in [5.41, 5.74) is 4.22. The first-order chi connectivity index (χ1) is 16.8. The van der Waals surface area contributed by atoms with E-state index >= 15 is 0 Å². The second-order valence-electron chi connectivity index (χ2n) is 7.47. The molecule has 0 spiro atoms. The molecule has 0 fully saturated rings. The molecule has 0 bridgehead atoms. The van der Waals surface area contributed by atoms with Gasteiger partial charge in [-0.25, -0.2) is 0 Å². The molecule has 11 heteroatoms. The second-order valence-corrected chi connectivity index (χ2v) is 7.47. The van der Waals surface area contributed by atoms with Gasteiger partial charge in [-0.15, -0.1) is 0 Å². The highest BCUT2D eigenvalue weighted by Crippen LogP contribution is 2.15. The summed E-state index contributed by atoms with van der Waals surface area (Å²) in [7, 11) is 0. The molecule has 0 saturated heterocycles. The van der Waals surface area contributed by atoms with Gasteiger partial charge in [-0.2, -0.15) is 0 Å². The summed E-state index contributed by atoms with van der Waals surface area (Å²) in [6, 6.07) is 11.6. The zero-order valence-electron chi connectivity index (χ0n) is 19.3. The van der Waals surface area contributed by atoms with E-state index < -0.39 is 29.3 Å². The summed E-state index contributed by atoms with van der Waals surface area (Å²) < 4.78 is 10.4. The van der Waals surface area contributed by atoms with Crippen molar-refractivity contribution in [2.75, 3.05) is 13.2 Å². The highest BCUT2D eigenvalue weighted by atomic mass is 16.6. The van der Waals surface area contributed by atoms with Crippen molar-refractivity contribution in [2.45, 2.75) is 39.0 Å². The number of nitro groups is 1. The van der Waals surface area contributed by atoms with E-state index in [0.29, 0.717) is 17.9 Å². The fraction of sp³-hybridized carbons (Fsp3) is 0.333. The van der Waals surface area contributed by atoms with Gasteiger partial charge in [-0.1, -0.05) is 25.8 Å². The fourth-order valence-electron chi connectivity index (χ4n) is 2.85. The van der Waals surface area contributed by atoms with Crippen LogP contribution in [0.5, 0.6) is 5.75 Å². The summed E-state index contributed by atoms with van der Waals surface area (Å²) in [5.74, 6) is -1.95. The molecule has 2 N–H and O–H groups in total. The van der Waals surface area contributed by atoms with Crippen molar-refractivity contribution in [3.63, 3.8) is 0 Å². The average molecular weight is 485 g/mol. The van der Waals surface area contributed by atoms with Crippen LogP contribution >= 0.6 is 0 Å². The number of ether oxygens (including phenoxy) is 2. The summed E-state index contributed by atoms with van der Waals surface area (Å²) in [6.45, 7) is 2.04. The second kappa shape index (κ2) is 14.1. The third-order valence-corrected chi connectivity index (χ3v) is 4.75. The first kappa shape index (κ1) is 27.0. The van der Waals surface area contributed by atoms with Crippen LogP contribution < -0.4 is 15.6 Å². The van der Waals surface area contributed by atoms with Crippen LogP contribution in [0.4, 0.5) is 5.69 Å². The number of Topliss-reactive ketones (excluding diaryl/α,β-unsaturated/α-hetero) is 1. The van der Waals surface area contributed by atoms with Crippen LogP contribution in [-0.2, 0) is 14.3 Å². The lowest BCUT2D eigenvalue weighted by Gasteiger charge is -2.08. The van der Waals surface area contributed by atoms with Crippen molar-refractivity contribution in [1.29, 1.82) is 0 Å². The van der Waals surface area contributed by atoms with Crippen LogP contribution in [0.25, 0.3) is 0 Å². The molecule has 186 valence electrons. The van der Waals surface area contributed by atoms with Gasteiger partial charge in [0, 0.05) is 29.7 Å². The number of rotatable bonds is 13. The van der Waals surface area contributed by atoms with Crippen molar-refractivity contribution in [2.24, 2.45) is 0 Å². The van der Waals surface area contributed by atoms with Crippen molar-refractivity contribution in [3.8, 4) is 5.75 Å². The number of esters is 1. The molecule has 0 atom stereocenters. The number of nitro benzene ring substituents is 1. The molecular weight excluding hydrogens is 458 g/mol. The van der Waals surface area contributed by atoms with Crippen molar-refractivity contribution >= 4 is 29.3 Å². The van der Waals surface area contributed by atoms with E-state index in [1.807, 2.05) is 5.43 Å². The topological polar surface area (TPSA) is 154 Å². The Balaban J connectivity index is 1.67. The summed E-state index contributed by atoms with van der Waals surface area (Å²) in [5, 5.41) is 10.8. The van der Waals surface area contributed by atoms with E-state index in [-0.39, 0.29) is 29.9 Å². The summed E-state index contributed by atoms with van der Waals surface area (Å²) >= 11 is 0. The highest BCUT2D eigenvalue weighted by molar-refractivity contribution is 5.98. The van der Waals surface area contributed by atoms with E-state index in [1.54, 1.807) is 24.3 Å². The lowest BCUT2D eigenvalue weighted by Crippen LogP contribution is -2.43. The zero-order valence-corrected chi connectivity index (χ0v) is 19.3. The Morgan fingerprint density at radius 3 is 2.37 bits per heavy atom. The number of carbonyl (C=O) groups excluding carboxylic acids is 4. The Labute approximate surface area is 201 Å². The van der Waals surface area contributed by atoms with Gasteiger partial charge >= 0.3 is 5.97 Å². The number of hydrazine groups is 1. The Bertz CT molecular complexity index is 1050. The maximum Gasteiger partial charge on any atom is 0.306 e. The highest BCUT2D eigenvalue weighted by Gasteiger charge is 2.14. The van der Waals surface area contributed by atoms with E-state index in [1.165, 1.54) is 18.2 Å². The molecule has 2 aromatic rings. The number of non-ortho nitro benzene ring substituents is 1. The SMILES string of the molecule is CCCCCOc1ccc(C(=O)CCC(=O)OCC(=O)NNC(=O)c2cccc([N+](=O)[O-])c2)cc1. The van der Waals surface area contributed by atoms with Gasteiger partial charge in [0.05, 0.1) is 18.0 Å². The monoisotopic (exact) mass is 485 g/mol. The van der Waals surface area contributed by atoms with Gasteiger partial charge in [-0.3, -0.25) is 40.1 Å². The maximum atomic E-state index is 12.3. The predicted molar refractivity (Wildman–Crippen MR) is 125 cm³/mol. The number of ketones is 1. The average Bonchev–Trinajstić information content (AvgIpc) is 2.87. The fourth-order valence-corrected chi connectivity index (χ4v) is 2.85. The van der Waals surface area contributed by atoms with Crippen molar-refractivity contribution in [3.05, 3.63) is 69.8 Å². The van der Waals surface area contributed by atoms with Gasteiger partial charge in [0.25, 0.3) is 17.5 Å². The van der Waals surface area contributed by atoms with E-state index in [9.17, 15) is 29.3 Å². The number of hydrogen-bond donors (Lipinski definition) is 2. The van der Waals surface area contributed by atoms with Crippen LogP contribution in [0, 0.1) is 10.1 Å². The minimum atomic E-state index is -0.821. The number of nitrogens with one attached hydrogen (secondary N) is 2. The number of hydrogen-bond acceptors (Lipinski definition) is 8. The minimum absolute atomic E-state index is 0.0360. The van der Waals surface area contributed by atoms with Gasteiger partial charge in [-0.05, 0) is 36.8 Å². The minimum Gasteiger partial charge on any atom is -0.494 e. The molecule has 11 nitrogen and oxygen atoms in total. The number of unbranched alkanes of at least 4 members (excludes halogenated alkanes) is 2. The standard InChI is InChI=1S/C24H27N3O8/c1-2-3-4-14-34-20-10-8-17(9-11-20)21(28)12-13-23(30)35-16-22(29)25-26-24(31)18-6-5-7-19(15-18)27(32)33/h5-11,15H,2-4,12-14,16H2,1H3,(H,25,29)(H,26,31). The largest absolute Gasteiger partial charge is 0.494 e. The summed E-state index contributed by atoms with van der Waals surface area (Å²) in [4.78, 5) is 58.0. The number of amides is 2. The first-order valence-corrected chi connectivity index (χ1v) is 11.1. The van der Waals surface area contributed by atoms with Crippen LogP contribution in [0.15, 0.2) is 48.5 Å². The Morgan fingerprint density at radius 1 is 0.943 bits per heavy atom. The lowest BCUT2D eigenvalue weighted by atomic mass is 10.1. The molecule has 0 saturated carbocycles. The molecule has 0 aliphatic rings. The van der Waals surface area contributed by atoms with E-state index in [4.69, 9.17) is 9.47 Å². The number of carbonyl (C=O) groups is 4. The molecule has 2 amide bonds. The van der Waals surface area contributed by atoms with Gasteiger partial charge in [0.15, 0.2) is 12.4 Å². The molecule has 0 heterocycles. The van der Waals surface area contributed by atoms with Gasteiger partial charge < -0.3 is 9.47 Å². The normalized spacial score (nSPS) is 10.2. The first-order valence-electron chi connectivity index (χ1n) is 11.1. The van der Waals surface area contributed by atoms with Crippen LogP contribution in [0.3, 0.4) is 0 Å². The third-order valence-electron chi connectivity index (χ3n) is 4.75. The molecule has 0 aliphatic heterocycles. The summed E-state index contributed by atoms with van der Waals surface area (Å²) in [6.07, 6.45) is 2.83. The number of nitrogens with zero attached hydrogens (tertiary/aromatic N) is 1. The lowest BCUT2D eigenvalue weighted by molar-refractivity contribution is -0.384. The van der Waals surface area contributed by atoms with Gasteiger partial charge in [0.2, 0.25) is 0 Å². The predicted octanol–water partition coefficient (Wildman–Crippen LogP) is 3.13. The number of benzene rings is 2. The molecular formula is C24H27N3O8. The maximum absolute atomic E-state index is 12.3. The van der Waals surface area contributed by atoms with Crippen molar-refractivity contribution < 1.29 is 33.6 Å². The van der Waals surface area contributed by atoms with Crippen LogP contribution in [0.2, 0.25) is 0 Å². The van der Waals surface area contributed by atoms with E-state index in [2.05, 4.69) is 12.3 Å². The van der Waals surface area contributed by atoms with Crippen molar-refractivity contribution in [1.82, 2.24) is 10.9 Å². The molecule has 0 aliphatic carbocycles. The quantitative estimate of drug-likeness (QED) is 0.144. The molecule has 35 heavy (non-hydrogen) atoms. The van der Waals surface area contributed by atoms with Gasteiger partial charge in [0.1, 0.15) is 5.75 Å². The zero-order chi connectivity index (χ0) is 25.6. The Morgan fingerprint density at radius 2 is 1.69 bits per heavy atom. The third kappa shape index (κ3) is 9.62. The Kier molecular flexibility index (Phi) is 10.9. The van der Waals surface area contributed by atoms with Crippen LogP contribution in [0.1, 0.15) is 59.7 Å². The molecule has 2 aromatic carbocycles. The Hall–Kier alpha value is -4.28. The molecule has 0 aromatic heterocycles. The smallest absolute Gasteiger partial charge is 0.306 e. The molecule has 0 radical (unpaired) electrons. The molecule has 0 unspecified atom stereocenters. The molecule has 2 rings (SSSR count). The van der Waals surface area contributed by atoms with E-state index in [0.717, 1.165) is 25.3 Å².